The fourth-order valence-corrected chi connectivity index (χ4v) is 5.29. The highest BCUT2D eigenvalue weighted by Gasteiger charge is 2.33. The Bertz CT molecular complexity index is 1440. The molecule has 0 aliphatic heterocycles. The van der Waals surface area contributed by atoms with Gasteiger partial charge in [-0.15, -0.1) is 0 Å². The lowest BCUT2D eigenvalue weighted by molar-refractivity contribution is -0.135. The highest BCUT2D eigenvalue weighted by molar-refractivity contribution is 6.19. The molecule has 2 heterocycles. The maximum atomic E-state index is 13.7. The number of furan rings is 1. The molecule has 0 bridgehead atoms. The topological polar surface area (TPSA) is 134 Å². The van der Waals surface area contributed by atoms with E-state index in [1.165, 1.54) is 0 Å². The fraction of sp³-hybridized carbons (Fsp3) is 0.452. The van der Waals surface area contributed by atoms with Crippen molar-refractivity contribution in [3.8, 4) is 0 Å². The molecule has 4 amide bonds. The summed E-state index contributed by atoms with van der Waals surface area (Å²) in [5.41, 5.74) is 1.67. The molecular formula is C31H39N5O6. The second kappa shape index (κ2) is 13.6. The number of likely N-dealkylation sites (N-methyl/N-ethyl adjacent to an activating group) is 1. The zero-order chi connectivity index (χ0) is 30.4. The van der Waals surface area contributed by atoms with Gasteiger partial charge in [-0.25, -0.2) is 4.98 Å². The van der Waals surface area contributed by atoms with E-state index in [1.807, 2.05) is 19.9 Å². The van der Waals surface area contributed by atoms with E-state index in [0.29, 0.717) is 67.7 Å². The first-order valence-corrected chi connectivity index (χ1v) is 14.2. The third kappa shape index (κ3) is 6.79. The Hall–Kier alpha value is -4.25. The molecule has 42 heavy (non-hydrogen) atoms. The lowest BCUT2D eigenvalue weighted by atomic mass is 9.81. The molecule has 0 saturated heterocycles. The highest BCUT2D eigenvalue weighted by atomic mass is 16.5. The van der Waals surface area contributed by atoms with E-state index in [1.54, 1.807) is 61.5 Å². The molecule has 2 aromatic heterocycles. The highest BCUT2D eigenvalue weighted by Crippen LogP contribution is 2.37. The third-order valence-electron chi connectivity index (χ3n) is 7.68. The maximum absolute atomic E-state index is 13.7. The lowest BCUT2D eigenvalue weighted by Gasteiger charge is -2.28. The summed E-state index contributed by atoms with van der Waals surface area (Å²) in [6.07, 6.45) is 3.90. The van der Waals surface area contributed by atoms with Crippen LogP contribution in [0.2, 0.25) is 0 Å². The largest absolute Gasteiger partial charge is 0.449 e. The molecule has 1 aliphatic carbocycles. The second-order valence-corrected chi connectivity index (χ2v) is 10.8. The normalized spacial score (nSPS) is 16.6. The average Bonchev–Trinajstić information content (AvgIpc) is 3.36. The number of hydrogen-bond donors (Lipinski definition) is 2. The number of amides is 4. The van der Waals surface area contributed by atoms with Crippen molar-refractivity contribution in [1.29, 1.82) is 0 Å². The quantitative estimate of drug-likeness (QED) is 0.366. The molecular weight excluding hydrogens is 538 g/mol. The van der Waals surface area contributed by atoms with Gasteiger partial charge in [-0.05, 0) is 63.3 Å². The molecule has 1 saturated carbocycles. The molecule has 0 unspecified atom stereocenters. The number of aromatic nitrogens is 1. The van der Waals surface area contributed by atoms with Crippen molar-refractivity contribution in [3.05, 3.63) is 53.4 Å². The van der Waals surface area contributed by atoms with Crippen LogP contribution in [0.25, 0.3) is 11.0 Å². The molecule has 11 nitrogen and oxygen atoms in total. The number of carbonyl (C=O) groups excluding carboxylic acids is 4. The van der Waals surface area contributed by atoms with Crippen LogP contribution in [0.4, 0.5) is 11.5 Å². The predicted octanol–water partition coefficient (Wildman–Crippen LogP) is 4.33. The molecule has 3 aromatic rings. The number of rotatable bonds is 10. The molecule has 0 radical (unpaired) electrons. The molecule has 1 aromatic carbocycles. The molecule has 0 spiro atoms. The number of hydrogen-bond acceptors (Lipinski definition) is 7. The van der Waals surface area contributed by atoms with E-state index >= 15 is 0 Å². The zero-order valence-electron chi connectivity index (χ0n) is 24.9. The molecule has 0 atom stereocenters. The summed E-state index contributed by atoms with van der Waals surface area (Å²) in [5, 5.41) is 6.02. The third-order valence-corrected chi connectivity index (χ3v) is 7.68. The van der Waals surface area contributed by atoms with Gasteiger partial charge < -0.3 is 29.6 Å². The van der Waals surface area contributed by atoms with Gasteiger partial charge in [0.1, 0.15) is 17.1 Å². The standard InChI is InChI=1S/C31H39N5O6/c1-6-36(16-17-41-5)31(40)22-8-7-9-23-25(22)26(27(42-23)29(38)33-24-15-10-19(2)18-32-24)34-28(37)20-11-13-21(14-12-20)30(39)35(3)4/h7-10,15,18,20-21H,6,11-14,16-17H2,1-5H3,(H,34,37)(H,32,33,38)/t20-,21-. The smallest absolute Gasteiger partial charge is 0.294 e. The van der Waals surface area contributed by atoms with Crippen LogP contribution in [0.15, 0.2) is 40.9 Å². The van der Waals surface area contributed by atoms with Crippen LogP contribution in [0, 0.1) is 18.8 Å². The van der Waals surface area contributed by atoms with Crippen molar-refractivity contribution >= 4 is 46.1 Å². The Morgan fingerprint density at radius 1 is 1.02 bits per heavy atom. The number of carbonyl (C=O) groups is 4. The van der Waals surface area contributed by atoms with Gasteiger partial charge in [0.2, 0.25) is 17.6 Å². The molecule has 224 valence electrons. The van der Waals surface area contributed by atoms with E-state index in [0.717, 1.165) is 5.56 Å². The number of ether oxygens (including phenoxy) is 1. The minimum Gasteiger partial charge on any atom is -0.449 e. The van der Waals surface area contributed by atoms with Gasteiger partial charge in [0.05, 0.1) is 17.6 Å². The Labute approximate surface area is 245 Å². The summed E-state index contributed by atoms with van der Waals surface area (Å²) in [5.74, 6) is -1.38. The van der Waals surface area contributed by atoms with E-state index in [-0.39, 0.29) is 41.0 Å². The number of pyridine rings is 1. The first-order valence-electron chi connectivity index (χ1n) is 14.2. The fourth-order valence-electron chi connectivity index (χ4n) is 5.29. The summed E-state index contributed by atoms with van der Waals surface area (Å²) in [6, 6.07) is 8.49. The Kier molecular flexibility index (Phi) is 9.95. The van der Waals surface area contributed by atoms with Crippen LogP contribution in [-0.4, -0.2) is 79.3 Å². The minimum absolute atomic E-state index is 0.0652. The zero-order valence-corrected chi connectivity index (χ0v) is 24.9. The van der Waals surface area contributed by atoms with Crippen molar-refractivity contribution in [1.82, 2.24) is 14.8 Å². The van der Waals surface area contributed by atoms with Crippen LogP contribution in [0.3, 0.4) is 0 Å². The van der Waals surface area contributed by atoms with Crippen molar-refractivity contribution in [3.63, 3.8) is 0 Å². The minimum atomic E-state index is -0.608. The van der Waals surface area contributed by atoms with Crippen LogP contribution in [0.5, 0.6) is 0 Å². The monoisotopic (exact) mass is 577 g/mol. The van der Waals surface area contributed by atoms with Crippen LogP contribution in [-0.2, 0) is 14.3 Å². The predicted molar refractivity (Wildman–Crippen MR) is 159 cm³/mol. The van der Waals surface area contributed by atoms with Gasteiger partial charge in [0.15, 0.2) is 0 Å². The molecule has 11 heteroatoms. The number of fused-ring (bicyclic) bond motifs is 1. The van der Waals surface area contributed by atoms with Crippen LogP contribution >= 0.6 is 0 Å². The molecule has 4 rings (SSSR count). The summed E-state index contributed by atoms with van der Waals surface area (Å²) in [4.78, 5) is 60.6. The molecule has 1 aliphatic rings. The number of aryl methyl sites for hydroxylation is 1. The molecule has 1 fully saturated rings. The van der Waals surface area contributed by atoms with Crippen molar-refractivity contribution in [2.24, 2.45) is 11.8 Å². The number of nitrogens with one attached hydrogen (secondary N) is 2. The SMILES string of the molecule is CCN(CCOC)C(=O)c1cccc2oc(C(=O)Nc3ccc(C)cn3)c(NC(=O)[C@H]3CC[C@H](C(=O)N(C)C)CC3)c12. The Balaban J connectivity index is 1.69. The summed E-state index contributed by atoms with van der Waals surface area (Å²) >= 11 is 0. The summed E-state index contributed by atoms with van der Waals surface area (Å²) in [6.45, 7) is 4.94. The van der Waals surface area contributed by atoms with Gasteiger partial charge >= 0.3 is 0 Å². The second-order valence-electron chi connectivity index (χ2n) is 10.8. The van der Waals surface area contributed by atoms with Gasteiger partial charge in [0, 0.05) is 52.3 Å². The van der Waals surface area contributed by atoms with Gasteiger partial charge in [-0.2, -0.15) is 0 Å². The van der Waals surface area contributed by atoms with Gasteiger partial charge in [-0.3, -0.25) is 19.2 Å². The average molecular weight is 578 g/mol. The number of benzene rings is 1. The number of nitrogens with zero attached hydrogens (tertiary/aromatic N) is 3. The number of anilines is 2. The van der Waals surface area contributed by atoms with Gasteiger partial charge in [0.25, 0.3) is 11.8 Å². The van der Waals surface area contributed by atoms with Crippen molar-refractivity contribution < 1.29 is 28.3 Å². The first kappa shape index (κ1) is 30.7. The first-order chi connectivity index (χ1) is 20.1. The summed E-state index contributed by atoms with van der Waals surface area (Å²) in [7, 11) is 5.04. The Morgan fingerprint density at radius 2 is 1.74 bits per heavy atom. The van der Waals surface area contributed by atoms with Crippen molar-refractivity contribution in [2.45, 2.75) is 39.5 Å². The van der Waals surface area contributed by atoms with E-state index < -0.39 is 5.91 Å². The van der Waals surface area contributed by atoms with Crippen LogP contribution in [0.1, 0.15) is 59.1 Å². The van der Waals surface area contributed by atoms with E-state index in [9.17, 15) is 19.2 Å². The Morgan fingerprint density at radius 3 is 2.36 bits per heavy atom. The molecule has 2 N–H and O–H groups in total. The lowest BCUT2D eigenvalue weighted by Crippen LogP contribution is -2.35. The van der Waals surface area contributed by atoms with Gasteiger partial charge in [-0.1, -0.05) is 12.1 Å². The number of methoxy groups -OCH3 is 1. The van der Waals surface area contributed by atoms with Crippen LogP contribution < -0.4 is 10.6 Å². The maximum Gasteiger partial charge on any atom is 0.294 e. The van der Waals surface area contributed by atoms with Crippen molar-refractivity contribution in [2.75, 3.05) is 51.5 Å². The van der Waals surface area contributed by atoms with E-state index in [4.69, 9.17) is 9.15 Å². The summed E-state index contributed by atoms with van der Waals surface area (Å²) < 4.78 is 11.2. The van der Waals surface area contributed by atoms with E-state index in [2.05, 4.69) is 15.6 Å².